The van der Waals surface area contributed by atoms with Crippen LogP contribution in [-0.2, 0) is 23.7 Å². The lowest BCUT2D eigenvalue weighted by Gasteiger charge is -2.26. The van der Waals surface area contributed by atoms with Gasteiger partial charge in [-0.05, 0) is 73.7 Å². The molecule has 1 amide bonds. The summed E-state index contributed by atoms with van der Waals surface area (Å²) < 4.78 is 42.3. The molecule has 2 N–H and O–H groups in total. The number of H-pyrrole nitrogens is 1. The number of aromatic amines is 1. The zero-order valence-corrected chi connectivity index (χ0v) is 25.9. The molecule has 0 saturated carbocycles. The van der Waals surface area contributed by atoms with Gasteiger partial charge in [0.15, 0.2) is 23.2 Å². The maximum atomic E-state index is 15.5. The van der Waals surface area contributed by atoms with Gasteiger partial charge in [0.1, 0.15) is 11.6 Å². The monoisotopic (exact) mass is 663 g/mol. The lowest BCUT2D eigenvalue weighted by atomic mass is 9.78. The summed E-state index contributed by atoms with van der Waals surface area (Å²) in [7, 11) is 1.72. The Labute approximate surface area is 260 Å². The van der Waals surface area contributed by atoms with E-state index < -0.39 is 17.0 Å². The Morgan fingerprint density at radius 1 is 1.07 bits per heavy atom. The maximum absolute atomic E-state index is 15.5. The molecule has 1 aliphatic heterocycles. The molecule has 0 radical (unpaired) electrons. The molecule has 220 valence electrons. The van der Waals surface area contributed by atoms with Crippen LogP contribution in [0.2, 0.25) is 0 Å². The van der Waals surface area contributed by atoms with Gasteiger partial charge in [-0.1, -0.05) is 40.2 Å². The molecule has 3 heterocycles. The fourth-order valence-electron chi connectivity index (χ4n) is 5.31. The molecule has 5 aromatic rings. The second kappa shape index (κ2) is 12.0. The van der Waals surface area contributed by atoms with E-state index in [0.29, 0.717) is 34.9 Å². The van der Waals surface area contributed by atoms with Crippen molar-refractivity contribution >= 4 is 44.7 Å². The molecule has 7 nitrogen and oxygen atoms in total. The fourth-order valence-corrected chi connectivity index (χ4v) is 6.29. The molecule has 3 aromatic carbocycles. The van der Waals surface area contributed by atoms with Crippen LogP contribution in [0.5, 0.6) is 11.5 Å². The van der Waals surface area contributed by atoms with Crippen LogP contribution < -0.4 is 9.46 Å². The Balaban J connectivity index is 1.49. The number of rotatable bonds is 1. The molecule has 0 aliphatic carbocycles. The topological polar surface area (TPSA) is 84.8 Å². The van der Waals surface area contributed by atoms with Crippen LogP contribution in [0.4, 0.5) is 8.78 Å². The zero-order chi connectivity index (χ0) is 30.1. The van der Waals surface area contributed by atoms with Crippen molar-refractivity contribution in [3.63, 3.8) is 0 Å². The van der Waals surface area contributed by atoms with Gasteiger partial charge in [-0.15, -0.1) is 0 Å². The second-order valence-corrected chi connectivity index (χ2v) is 12.3. The summed E-state index contributed by atoms with van der Waals surface area (Å²) in [5, 5.41) is 5.49. The number of amides is 1. The number of nitrogens with zero attached hydrogens (tertiary/aromatic N) is 3. The van der Waals surface area contributed by atoms with Gasteiger partial charge in [0.2, 0.25) is 5.91 Å². The molecular weight excluding hydrogens is 636 g/mol. The highest BCUT2D eigenvalue weighted by Gasteiger charge is 2.34. The highest BCUT2D eigenvalue weighted by atomic mass is 79.9. The van der Waals surface area contributed by atoms with E-state index in [4.69, 9.17) is 14.8 Å². The van der Waals surface area contributed by atoms with Crippen molar-refractivity contribution in [1.82, 2.24) is 24.5 Å². The maximum Gasteiger partial charge on any atom is 0.230 e. The van der Waals surface area contributed by atoms with Crippen molar-refractivity contribution in [2.75, 3.05) is 5.75 Å². The summed E-state index contributed by atoms with van der Waals surface area (Å²) in [6.07, 6.45) is 6.69. The molecule has 6 rings (SSSR count). The number of fused-ring (bicyclic) bond motifs is 8. The van der Waals surface area contributed by atoms with Crippen molar-refractivity contribution in [1.29, 1.82) is 0 Å². The van der Waals surface area contributed by atoms with Gasteiger partial charge in [-0.2, -0.15) is 5.10 Å². The third kappa shape index (κ3) is 5.83. The third-order valence-electron chi connectivity index (χ3n) is 7.64. The van der Waals surface area contributed by atoms with Gasteiger partial charge in [0, 0.05) is 52.4 Å². The minimum Gasteiger partial charge on any atom is -0.454 e. The molecule has 0 fully saturated rings. The smallest absolute Gasteiger partial charge is 0.230 e. The van der Waals surface area contributed by atoms with E-state index in [0.717, 1.165) is 15.4 Å². The van der Waals surface area contributed by atoms with Crippen LogP contribution in [0.3, 0.4) is 0 Å². The van der Waals surface area contributed by atoms with E-state index in [2.05, 4.69) is 25.6 Å². The second-order valence-electron chi connectivity index (χ2n) is 10.6. The molecule has 1 aliphatic rings. The number of carbonyl (C=O) groups excluding carboxylic acids is 1. The number of aryl methyl sites for hydroxylation is 2. The average molecular weight is 665 g/mol. The number of carbonyl (C=O) groups is 1. The van der Waals surface area contributed by atoms with E-state index in [-0.39, 0.29) is 35.8 Å². The number of aromatic nitrogens is 4. The molecule has 0 saturated heterocycles. The van der Waals surface area contributed by atoms with Gasteiger partial charge < -0.3 is 9.72 Å². The Kier molecular flexibility index (Phi) is 8.11. The Morgan fingerprint density at radius 3 is 2.77 bits per heavy atom. The summed E-state index contributed by atoms with van der Waals surface area (Å²) in [5.74, 6) is 0.319. The number of hydrogen-bond acceptors (Lipinski definition) is 5. The third-order valence-corrected chi connectivity index (χ3v) is 8.87. The summed E-state index contributed by atoms with van der Waals surface area (Å²) >= 11 is 4.86. The van der Waals surface area contributed by atoms with E-state index in [1.165, 1.54) is 36.2 Å². The zero-order valence-electron chi connectivity index (χ0n) is 23.5. The molecular formula is C32H28BrF2N5O2S. The number of halogens is 3. The largest absolute Gasteiger partial charge is 0.454 e. The number of benzene rings is 3. The Bertz CT molecular complexity index is 1870. The fraction of sp³-hybridized carbons (Fsp3) is 0.219. The van der Waals surface area contributed by atoms with E-state index >= 15 is 8.78 Å². The summed E-state index contributed by atoms with van der Waals surface area (Å²) in [6.45, 7) is 2.05. The number of allylic oxidation sites excluding steroid dienone is 1. The summed E-state index contributed by atoms with van der Waals surface area (Å²) in [5.41, 5.74) is 1.64. The first-order valence-corrected chi connectivity index (χ1v) is 15.5. The molecule has 1 atom stereocenters. The van der Waals surface area contributed by atoms with Crippen molar-refractivity contribution in [3.8, 4) is 22.9 Å². The molecule has 1 unspecified atom stereocenters. The van der Waals surface area contributed by atoms with Crippen molar-refractivity contribution in [2.24, 2.45) is 7.05 Å². The minimum atomic E-state index is -0.651. The molecule has 11 heteroatoms. The van der Waals surface area contributed by atoms with Crippen LogP contribution in [0.25, 0.3) is 22.3 Å². The van der Waals surface area contributed by atoms with Crippen LogP contribution in [0.1, 0.15) is 36.7 Å². The first kappa shape index (κ1) is 29.1. The number of nitrogens with one attached hydrogen (secondary N) is 2. The minimum absolute atomic E-state index is 0.00755. The Hall–Kier alpha value is -3.96. The van der Waals surface area contributed by atoms with Gasteiger partial charge in [-0.3, -0.25) is 9.52 Å². The van der Waals surface area contributed by atoms with Crippen molar-refractivity contribution in [2.45, 2.75) is 31.6 Å². The van der Waals surface area contributed by atoms with Gasteiger partial charge in [0.25, 0.3) is 0 Å². The van der Waals surface area contributed by atoms with Gasteiger partial charge in [0.05, 0.1) is 11.0 Å². The van der Waals surface area contributed by atoms with E-state index in [1.807, 2.05) is 49.4 Å². The molecule has 0 spiro atoms. The lowest BCUT2D eigenvalue weighted by Crippen LogP contribution is -2.25. The lowest BCUT2D eigenvalue weighted by molar-refractivity contribution is -0.119. The van der Waals surface area contributed by atoms with Crippen LogP contribution in [0.15, 0.2) is 77.4 Å². The summed E-state index contributed by atoms with van der Waals surface area (Å²) in [6, 6.07) is 15.3. The predicted octanol–water partition coefficient (Wildman–Crippen LogP) is 7.76. The van der Waals surface area contributed by atoms with Gasteiger partial charge >= 0.3 is 0 Å². The predicted molar refractivity (Wildman–Crippen MR) is 168 cm³/mol. The molecule has 4 bridgehead atoms. The van der Waals surface area contributed by atoms with Crippen molar-refractivity contribution in [3.05, 3.63) is 106 Å². The number of ether oxygens (including phenoxy) is 1. The first-order valence-electron chi connectivity index (χ1n) is 13.7. The Morgan fingerprint density at radius 2 is 1.93 bits per heavy atom. The van der Waals surface area contributed by atoms with E-state index in [1.54, 1.807) is 17.9 Å². The standard InChI is InChI=1S/C32H28BrF2N5O2S/c1-32(19-6-5-7-20(33)16-19)13-3-4-15-43-39-28(41)11-9-23-22-12-14-36-27(22)18-26(35)29(23)42-21-8-10-25(34)24(17-21)30-37-31(32)38-40(30)2/h3-8,10,12,14,16-18,36H,9,11,13,15H2,1-2H3,(H,39,41)/b4-3-. The normalized spacial score (nSPS) is 18.6. The van der Waals surface area contributed by atoms with Crippen LogP contribution in [-0.4, -0.2) is 31.4 Å². The van der Waals surface area contributed by atoms with Gasteiger partial charge in [-0.25, -0.2) is 18.4 Å². The summed E-state index contributed by atoms with van der Waals surface area (Å²) in [4.78, 5) is 20.6. The van der Waals surface area contributed by atoms with E-state index in [9.17, 15) is 4.79 Å². The van der Waals surface area contributed by atoms with Crippen LogP contribution >= 0.6 is 27.9 Å². The highest BCUT2D eigenvalue weighted by molar-refractivity contribution is 9.10. The SMILES string of the molecule is Cn1nc2nc1-c1cc(ccc1F)Oc1c(F)cc3[nH]ccc3c1CCC(=O)NSC/C=C\CC2(C)c1cccc(Br)c1. The molecule has 43 heavy (non-hydrogen) atoms. The number of hydrogen-bond donors (Lipinski definition) is 2. The first-order chi connectivity index (χ1) is 20.7. The quantitative estimate of drug-likeness (QED) is 0.141. The van der Waals surface area contributed by atoms with Crippen LogP contribution in [0, 0.1) is 11.6 Å². The molecule has 2 aromatic heterocycles. The average Bonchev–Trinajstić information content (AvgIpc) is 3.61. The van der Waals surface area contributed by atoms with Crippen molar-refractivity contribution < 1.29 is 18.3 Å². The highest BCUT2D eigenvalue weighted by Crippen LogP contribution is 2.39.